The fourth-order valence-electron chi connectivity index (χ4n) is 6.21. The summed E-state index contributed by atoms with van der Waals surface area (Å²) in [5.74, 6) is 0. The molecule has 154 valence electrons. The van der Waals surface area contributed by atoms with Crippen molar-refractivity contribution in [2.45, 2.75) is 40.0 Å². The van der Waals surface area contributed by atoms with Gasteiger partial charge in [-0.15, -0.1) is 0 Å². The number of hydrogen-bond donors (Lipinski definition) is 0. The van der Waals surface area contributed by atoms with E-state index in [-0.39, 0.29) is 5.41 Å². The second-order valence-electron chi connectivity index (χ2n) is 10.7. The molecule has 0 atom stereocenters. The number of fused-ring (bicyclic) bond motifs is 2. The van der Waals surface area contributed by atoms with Crippen LogP contribution in [0.25, 0.3) is 64.6 Å². The van der Waals surface area contributed by atoms with Crippen LogP contribution in [0.2, 0.25) is 0 Å². The van der Waals surface area contributed by atoms with E-state index in [4.69, 9.17) is 0 Å². The molecule has 0 amide bonds. The molecular weight excluding hydrogens is 384 g/mol. The standard InChI is InChI=1S/C32H26/c1-17-13-21-15-23(32(3,4)5)16-22-14-18(2)27-25-12-10-20-8-6-7-19-9-11-24(30(25)28(19)20)26(17)31(27)29(21)22/h6-16H,1-5H3. The lowest BCUT2D eigenvalue weighted by Crippen LogP contribution is -2.11. The highest BCUT2D eigenvalue weighted by molar-refractivity contribution is 6.40. The summed E-state index contributed by atoms with van der Waals surface area (Å²) < 4.78 is 0. The van der Waals surface area contributed by atoms with Crippen LogP contribution in [0.3, 0.4) is 0 Å². The first-order valence-electron chi connectivity index (χ1n) is 11.6. The number of aryl methyl sites for hydroxylation is 2. The summed E-state index contributed by atoms with van der Waals surface area (Å²) in [7, 11) is 0. The summed E-state index contributed by atoms with van der Waals surface area (Å²) in [5.41, 5.74) is 4.28. The van der Waals surface area contributed by atoms with Crippen LogP contribution in [-0.2, 0) is 5.41 Å². The van der Waals surface area contributed by atoms with Gasteiger partial charge in [0.15, 0.2) is 0 Å². The van der Waals surface area contributed by atoms with Crippen molar-refractivity contribution >= 4 is 64.6 Å². The molecule has 0 aliphatic heterocycles. The lowest BCUT2D eigenvalue weighted by molar-refractivity contribution is 0.591. The molecular formula is C32H26. The van der Waals surface area contributed by atoms with Crippen LogP contribution in [0.5, 0.6) is 0 Å². The van der Waals surface area contributed by atoms with E-state index in [9.17, 15) is 0 Å². The fourth-order valence-corrected chi connectivity index (χ4v) is 6.21. The average Bonchev–Trinajstić information content (AvgIpc) is 2.75. The Morgan fingerprint density at radius 2 is 0.969 bits per heavy atom. The van der Waals surface area contributed by atoms with Gasteiger partial charge in [0, 0.05) is 0 Å². The van der Waals surface area contributed by atoms with E-state index >= 15 is 0 Å². The maximum atomic E-state index is 2.42. The largest absolute Gasteiger partial charge is 0.0610 e. The van der Waals surface area contributed by atoms with Gasteiger partial charge in [0.25, 0.3) is 0 Å². The molecule has 0 radical (unpaired) electrons. The summed E-state index contributed by atoms with van der Waals surface area (Å²) in [4.78, 5) is 0. The summed E-state index contributed by atoms with van der Waals surface area (Å²) >= 11 is 0. The molecule has 7 aromatic carbocycles. The van der Waals surface area contributed by atoms with Crippen molar-refractivity contribution < 1.29 is 0 Å². The number of hydrogen-bond acceptors (Lipinski definition) is 0. The second kappa shape index (κ2) is 5.70. The summed E-state index contributed by atoms with van der Waals surface area (Å²) in [6.45, 7) is 11.5. The Morgan fingerprint density at radius 3 is 1.47 bits per heavy atom. The molecule has 0 aliphatic rings. The third kappa shape index (κ3) is 2.13. The number of benzene rings is 7. The van der Waals surface area contributed by atoms with E-state index in [0.29, 0.717) is 0 Å². The molecule has 0 fully saturated rings. The average molecular weight is 411 g/mol. The van der Waals surface area contributed by atoms with Gasteiger partial charge in [-0.2, -0.15) is 0 Å². The van der Waals surface area contributed by atoms with E-state index in [1.54, 1.807) is 0 Å². The Kier molecular flexibility index (Phi) is 3.24. The molecule has 0 spiro atoms. The van der Waals surface area contributed by atoms with Crippen molar-refractivity contribution in [1.29, 1.82) is 0 Å². The van der Waals surface area contributed by atoms with Crippen molar-refractivity contribution in [3.63, 3.8) is 0 Å². The molecule has 0 nitrogen and oxygen atoms in total. The Labute approximate surface area is 188 Å². The van der Waals surface area contributed by atoms with Gasteiger partial charge in [0.2, 0.25) is 0 Å². The number of rotatable bonds is 0. The topological polar surface area (TPSA) is 0 Å². The summed E-state index contributed by atoms with van der Waals surface area (Å²) in [6, 6.07) is 25.7. The molecule has 7 rings (SSSR count). The Morgan fingerprint density at radius 1 is 0.469 bits per heavy atom. The van der Waals surface area contributed by atoms with E-state index in [0.717, 1.165) is 0 Å². The van der Waals surface area contributed by atoms with Crippen LogP contribution in [0, 0.1) is 13.8 Å². The van der Waals surface area contributed by atoms with Crippen LogP contribution >= 0.6 is 0 Å². The van der Waals surface area contributed by atoms with E-state index < -0.39 is 0 Å². The fraction of sp³-hybridized carbons (Fsp3) is 0.188. The minimum Gasteiger partial charge on any atom is -0.0610 e. The first-order chi connectivity index (χ1) is 15.3. The van der Waals surface area contributed by atoms with E-state index in [1.807, 2.05) is 0 Å². The quantitative estimate of drug-likeness (QED) is 0.172. The monoisotopic (exact) mass is 410 g/mol. The van der Waals surface area contributed by atoms with Crippen LogP contribution in [0.4, 0.5) is 0 Å². The van der Waals surface area contributed by atoms with Gasteiger partial charge >= 0.3 is 0 Å². The zero-order chi connectivity index (χ0) is 21.9. The molecule has 0 unspecified atom stereocenters. The molecule has 0 heterocycles. The van der Waals surface area contributed by atoms with Crippen molar-refractivity contribution in [3.05, 3.63) is 83.4 Å². The summed E-state index contributed by atoms with van der Waals surface area (Å²) in [6.07, 6.45) is 0. The molecule has 0 aliphatic carbocycles. The maximum Gasteiger partial charge on any atom is -0.000898 e. The van der Waals surface area contributed by atoms with Crippen molar-refractivity contribution in [3.8, 4) is 0 Å². The smallest absolute Gasteiger partial charge is 0.000898 e. The molecule has 0 aromatic heterocycles. The van der Waals surface area contributed by atoms with Gasteiger partial charge in [0.05, 0.1) is 0 Å². The molecule has 32 heavy (non-hydrogen) atoms. The molecule has 0 saturated carbocycles. The van der Waals surface area contributed by atoms with Crippen LogP contribution in [0.15, 0.2) is 66.7 Å². The third-order valence-electron chi connectivity index (χ3n) is 7.66. The lowest BCUT2D eigenvalue weighted by atomic mass is 9.80. The first kappa shape index (κ1) is 18.2. The maximum absolute atomic E-state index is 2.42. The first-order valence-corrected chi connectivity index (χ1v) is 11.6. The van der Waals surface area contributed by atoms with Crippen molar-refractivity contribution in [2.75, 3.05) is 0 Å². The van der Waals surface area contributed by atoms with Gasteiger partial charge in [0.1, 0.15) is 0 Å². The van der Waals surface area contributed by atoms with E-state index in [2.05, 4.69) is 101 Å². The lowest BCUT2D eigenvalue weighted by Gasteiger charge is -2.24. The minimum atomic E-state index is 0.128. The van der Waals surface area contributed by atoms with E-state index in [1.165, 1.54) is 81.3 Å². The molecule has 0 heteroatoms. The molecule has 7 aromatic rings. The third-order valence-corrected chi connectivity index (χ3v) is 7.66. The highest BCUT2D eigenvalue weighted by atomic mass is 14.3. The SMILES string of the molecule is Cc1cc2cc(C(C)(C)C)cc3cc(C)c4c5ccc6cccc7ccc(c1c4c23)c5c76. The van der Waals surface area contributed by atoms with Crippen molar-refractivity contribution in [2.24, 2.45) is 0 Å². The predicted octanol–water partition coefficient (Wildman–Crippen LogP) is 9.40. The van der Waals surface area contributed by atoms with Crippen LogP contribution in [-0.4, -0.2) is 0 Å². The zero-order valence-electron chi connectivity index (χ0n) is 19.4. The predicted molar refractivity (Wildman–Crippen MR) is 142 cm³/mol. The molecule has 0 saturated heterocycles. The minimum absolute atomic E-state index is 0.128. The van der Waals surface area contributed by atoms with Crippen molar-refractivity contribution in [1.82, 2.24) is 0 Å². The molecule has 0 bridgehead atoms. The second-order valence-corrected chi connectivity index (χ2v) is 10.7. The Balaban J connectivity index is 1.85. The van der Waals surface area contributed by atoms with Gasteiger partial charge in [-0.1, -0.05) is 87.5 Å². The Hall–Kier alpha value is -3.38. The highest BCUT2D eigenvalue weighted by Crippen LogP contribution is 2.48. The van der Waals surface area contributed by atoms with Crippen LogP contribution < -0.4 is 0 Å². The van der Waals surface area contributed by atoms with Gasteiger partial charge in [-0.25, -0.2) is 0 Å². The Bertz CT molecular complexity index is 1740. The molecule has 0 N–H and O–H groups in total. The zero-order valence-corrected chi connectivity index (χ0v) is 19.4. The van der Waals surface area contributed by atoms with Gasteiger partial charge < -0.3 is 0 Å². The summed E-state index contributed by atoms with van der Waals surface area (Å²) in [5, 5.41) is 16.7. The van der Waals surface area contributed by atoms with Gasteiger partial charge in [-0.05, 0) is 101 Å². The highest BCUT2D eigenvalue weighted by Gasteiger charge is 2.22. The van der Waals surface area contributed by atoms with Gasteiger partial charge in [-0.3, -0.25) is 0 Å². The van der Waals surface area contributed by atoms with Crippen LogP contribution in [0.1, 0.15) is 37.5 Å². The normalized spacial score (nSPS) is 13.2.